The highest BCUT2D eigenvalue weighted by atomic mass is 35.5. The van der Waals surface area contributed by atoms with E-state index in [0.29, 0.717) is 41.0 Å². The van der Waals surface area contributed by atoms with Gasteiger partial charge in [-0.25, -0.2) is 0 Å². The van der Waals surface area contributed by atoms with Crippen LogP contribution in [-0.2, 0) is 16.0 Å². The molecule has 2 aromatic heterocycles. The molecule has 3 aromatic rings. The summed E-state index contributed by atoms with van der Waals surface area (Å²) in [4.78, 5) is 0. The lowest BCUT2D eigenvalue weighted by Gasteiger charge is -2.15. The summed E-state index contributed by atoms with van der Waals surface area (Å²) in [5, 5.41) is 19.6. The lowest BCUT2D eigenvalue weighted by atomic mass is 10.1. The van der Waals surface area contributed by atoms with Gasteiger partial charge in [0.05, 0.1) is 26.4 Å². The third kappa shape index (κ3) is 9.43. The number of methoxy groups -OCH3 is 2. The van der Waals surface area contributed by atoms with E-state index in [-0.39, 0.29) is 12.2 Å². The summed E-state index contributed by atoms with van der Waals surface area (Å²) in [6.07, 6.45) is -0.250. The first-order valence-corrected chi connectivity index (χ1v) is 12.8. The maximum absolute atomic E-state index is 6.11. The van der Waals surface area contributed by atoms with E-state index in [4.69, 9.17) is 53.8 Å². The number of nitrogens with zero attached hydrogens (tertiary/aromatic N) is 4. The number of nitrogens with one attached hydrogen (secondary N) is 1. The molecule has 0 radical (unpaired) electrons. The van der Waals surface area contributed by atoms with Gasteiger partial charge in [0.2, 0.25) is 0 Å². The SMILES string of the molecule is CCOC(C)c1cc(Cl)nnc1Cl.CCOC(C)c1cc(NCc2ccc(OC)cc2OC)nnc1Cl. The van der Waals surface area contributed by atoms with E-state index in [1.54, 1.807) is 20.3 Å². The number of halogens is 3. The van der Waals surface area contributed by atoms with Crippen LogP contribution in [0.2, 0.25) is 15.5 Å². The van der Waals surface area contributed by atoms with Gasteiger partial charge in [0.1, 0.15) is 17.3 Å². The Kier molecular flexibility index (Phi) is 13.1. The van der Waals surface area contributed by atoms with Gasteiger partial charge in [-0.2, -0.15) is 0 Å². The van der Waals surface area contributed by atoms with Crippen molar-refractivity contribution >= 4 is 40.6 Å². The van der Waals surface area contributed by atoms with Crippen LogP contribution in [0.4, 0.5) is 5.82 Å². The molecule has 0 fully saturated rings. The zero-order chi connectivity index (χ0) is 27.4. The smallest absolute Gasteiger partial charge is 0.157 e. The number of aromatic nitrogens is 4. The first-order chi connectivity index (χ1) is 17.7. The van der Waals surface area contributed by atoms with Crippen LogP contribution >= 0.6 is 34.8 Å². The molecule has 1 aromatic carbocycles. The molecule has 9 nitrogen and oxygen atoms in total. The topological polar surface area (TPSA) is 101 Å². The zero-order valence-corrected chi connectivity index (χ0v) is 24.0. The Morgan fingerprint density at radius 1 is 0.784 bits per heavy atom. The molecule has 2 unspecified atom stereocenters. The number of hydrogen-bond donors (Lipinski definition) is 1. The van der Waals surface area contributed by atoms with Gasteiger partial charge in [-0.15, -0.1) is 20.4 Å². The zero-order valence-electron chi connectivity index (χ0n) is 21.7. The Hall–Kier alpha value is -2.43. The van der Waals surface area contributed by atoms with Gasteiger partial charge >= 0.3 is 0 Å². The van der Waals surface area contributed by atoms with Gasteiger partial charge in [0, 0.05) is 42.5 Å². The number of rotatable bonds is 11. The second-order valence-corrected chi connectivity index (χ2v) is 8.72. The van der Waals surface area contributed by atoms with Crippen molar-refractivity contribution in [3.05, 3.63) is 62.5 Å². The second kappa shape index (κ2) is 15.7. The fourth-order valence-electron chi connectivity index (χ4n) is 3.28. The summed E-state index contributed by atoms with van der Waals surface area (Å²) in [5.41, 5.74) is 2.55. The molecule has 3 rings (SSSR count). The molecule has 0 aliphatic carbocycles. The largest absolute Gasteiger partial charge is 0.497 e. The first-order valence-electron chi connectivity index (χ1n) is 11.6. The monoisotopic (exact) mass is 571 g/mol. The first kappa shape index (κ1) is 30.8. The van der Waals surface area contributed by atoms with Crippen molar-refractivity contribution in [2.45, 2.75) is 46.4 Å². The van der Waals surface area contributed by atoms with Crippen LogP contribution in [0, 0.1) is 0 Å². The number of hydrogen-bond acceptors (Lipinski definition) is 9. The minimum absolute atomic E-state index is 0.106. The van der Waals surface area contributed by atoms with E-state index in [9.17, 15) is 0 Å². The predicted molar refractivity (Wildman–Crippen MR) is 146 cm³/mol. The molecule has 0 aliphatic rings. The average molecular weight is 573 g/mol. The minimum Gasteiger partial charge on any atom is -0.497 e. The molecule has 202 valence electrons. The van der Waals surface area contributed by atoms with E-state index in [1.807, 2.05) is 52.0 Å². The van der Waals surface area contributed by atoms with Gasteiger partial charge in [-0.1, -0.05) is 34.8 Å². The van der Waals surface area contributed by atoms with Crippen molar-refractivity contribution in [2.24, 2.45) is 0 Å². The fourth-order valence-corrected chi connectivity index (χ4v) is 3.92. The maximum atomic E-state index is 6.11. The Balaban J connectivity index is 0.000000312. The third-order valence-corrected chi connectivity index (χ3v) is 5.96. The summed E-state index contributed by atoms with van der Waals surface area (Å²) in [7, 11) is 3.25. The quantitative estimate of drug-likeness (QED) is 0.268. The summed E-state index contributed by atoms with van der Waals surface area (Å²) < 4.78 is 21.5. The molecular weight excluding hydrogens is 541 g/mol. The Morgan fingerprint density at radius 2 is 1.38 bits per heavy atom. The van der Waals surface area contributed by atoms with E-state index >= 15 is 0 Å². The van der Waals surface area contributed by atoms with Crippen molar-refractivity contribution < 1.29 is 18.9 Å². The number of anilines is 1. The van der Waals surface area contributed by atoms with E-state index < -0.39 is 0 Å². The lowest BCUT2D eigenvalue weighted by Crippen LogP contribution is -2.07. The Morgan fingerprint density at radius 3 is 1.95 bits per heavy atom. The molecule has 37 heavy (non-hydrogen) atoms. The van der Waals surface area contributed by atoms with Crippen molar-refractivity contribution in [3.63, 3.8) is 0 Å². The van der Waals surface area contributed by atoms with Crippen LogP contribution in [0.15, 0.2) is 30.3 Å². The molecule has 0 saturated heterocycles. The third-order valence-electron chi connectivity index (χ3n) is 5.19. The fraction of sp³-hybridized carbons (Fsp3) is 0.440. The van der Waals surface area contributed by atoms with Crippen molar-refractivity contribution in [2.75, 3.05) is 32.8 Å². The van der Waals surface area contributed by atoms with Crippen molar-refractivity contribution in [1.82, 2.24) is 20.4 Å². The van der Waals surface area contributed by atoms with Crippen LogP contribution in [0.3, 0.4) is 0 Å². The predicted octanol–water partition coefficient (Wildman–Crippen LogP) is 6.74. The van der Waals surface area contributed by atoms with Crippen LogP contribution in [0.5, 0.6) is 11.5 Å². The van der Waals surface area contributed by atoms with Gasteiger partial charge in [-0.05, 0) is 52.0 Å². The van der Waals surface area contributed by atoms with Crippen LogP contribution in [0.25, 0.3) is 0 Å². The Labute approximate surface area is 232 Å². The van der Waals surface area contributed by atoms with E-state index in [2.05, 4.69) is 25.7 Å². The Bertz CT molecular complexity index is 1140. The number of ether oxygens (including phenoxy) is 4. The van der Waals surface area contributed by atoms with Crippen LogP contribution in [0.1, 0.15) is 56.6 Å². The summed E-state index contributed by atoms with van der Waals surface area (Å²) in [6.45, 7) is 9.44. The average Bonchev–Trinajstić information content (AvgIpc) is 2.90. The second-order valence-electron chi connectivity index (χ2n) is 7.62. The lowest BCUT2D eigenvalue weighted by molar-refractivity contribution is 0.0760. The highest BCUT2D eigenvalue weighted by molar-refractivity contribution is 6.31. The molecule has 2 atom stereocenters. The summed E-state index contributed by atoms with van der Waals surface area (Å²) >= 11 is 17.6. The molecule has 0 amide bonds. The minimum atomic E-state index is -0.144. The van der Waals surface area contributed by atoms with Crippen LogP contribution in [-0.4, -0.2) is 47.8 Å². The normalized spacial score (nSPS) is 12.2. The maximum Gasteiger partial charge on any atom is 0.157 e. The van der Waals surface area contributed by atoms with Gasteiger partial charge < -0.3 is 24.3 Å². The highest BCUT2D eigenvalue weighted by Gasteiger charge is 2.14. The van der Waals surface area contributed by atoms with Gasteiger partial charge in [-0.3, -0.25) is 0 Å². The van der Waals surface area contributed by atoms with Crippen LogP contribution < -0.4 is 14.8 Å². The molecule has 0 aliphatic heterocycles. The van der Waals surface area contributed by atoms with Crippen molar-refractivity contribution in [3.8, 4) is 11.5 Å². The summed E-state index contributed by atoms with van der Waals surface area (Å²) in [6, 6.07) is 9.18. The molecule has 0 spiro atoms. The molecule has 0 saturated carbocycles. The number of benzene rings is 1. The molecule has 2 heterocycles. The van der Waals surface area contributed by atoms with Gasteiger partial charge in [0.25, 0.3) is 0 Å². The molecular formula is C25H32Cl3N5O4. The standard InChI is InChI=1S/C17H22ClN3O3.C8H10Cl2N2O/c1-5-24-11(2)14-9-16(20-21-17(14)18)19-10-12-6-7-13(22-3)8-15(12)23-4;1-3-13-5(2)6-4-7(9)11-12-8(6)10/h6-9,11H,5,10H2,1-4H3,(H,19,20);4-5H,3H2,1-2H3. The van der Waals surface area contributed by atoms with Gasteiger partial charge in [0.15, 0.2) is 15.5 Å². The van der Waals surface area contributed by atoms with E-state index in [1.165, 1.54) is 0 Å². The molecule has 12 heteroatoms. The van der Waals surface area contributed by atoms with Crippen molar-refractivity contribution in [1.29, 1.82) is 0 Å². The highest BCUT2D eigenvalue weighted by Crippen LogP contribution is 2.28. The van der Waals surface area contributed by atoms with E-state index in [0.717, 1.165) is 28.2 Å². The molecule has 0 bridgehead atoms. The summed E-state index contributed by atoms with van der Waals surface area (Å²) in [5.74, 6) is 2.11. The molecule has 1 N–H and O–H groups in total.